The van der Waals surface area contributed by atoms with Gasteiger partial charge in [-0.3, -0.25) is 0 Å². The molecule has 0 aromatic rings. The van der Waals surface area contributed by atoms with Gasteiger partial charge in [-0.05, 0) is 0 Å². The van der Waals surface area contributed by atoms with Gasteiger partial charge in [0.1, 0.15) is 0 Å². The molecule has 0 heterocycles. The first-order valence-corrected chi connectivity index (χ1v) is 7.41. The van der Waals surface area contributed by atoms with Crippen molar-refractivity contribution in [2.75, 3.05) is 0 Å². The molecule has 0 unspecified atom stereocenters. The van der Waals surface area contributed by atoms with E-state index in [9.17, 15) is 0 Å². The van der Waals surface area contributed by atoms with Crippen molar-refractivity contribution in [3.8, 4) is 0 Å². The molecule has 0 saturated carbocycles. The Morgan fingerprint density at radius 3 is 1.25 bits per heavy atom. The quantitative estimate of drug-likeness (QED) is 0.580. The summed E-state index contributed by atoms with van der Waals surface area (Å²) >= 11 is 4.19. The summed E-state index contributed by atoms with van der Waals surface area (Å²) in [5, 5.41) is 0. The molecular formula is CdNiS2. The van der Waals surface area contributed by atoms with E-state index in [0.29, 0.717) is 0 Å². The van der Waals surface area contributed by atoms with Crippen molar-refractivity contribution in [1.29, 1.82) is 0 Å². The fraction of sp³-hybridized carbons (Fsp3) is 0. The fourth-order valence-electron chi connectivity index (χ4n) is 0. The summed E-state index contributed by atoms with van der Waals surface area (Å²) in [5.74, 6) is 0. The van der Waals surface area contributed by atoms with Crippen molar-refractivity contribution in [1.82, 2.24) is 0 Å². The van der Waals surface area contributed by atoms with Gasteiger partial charge >= 0.3 is 56.9 Å². The Labute approximate surface area is 56.2 Å². The minimum atomic E-state index is 0.733. The van der Waals surface area contributed by atoms with Crippen molar-refractivity contribution in [3.05, 3.63) is 0 Å². The predicted molar refractivity (Wildman–Crippen MR) is 15.2 cm³/mol. The number of hydrogen-bond acceptors (Lipinski definition) is 2. The summed E-state index contributed by atoms with van der Waals surface area (Å²) in [6.07, 6.45) is 0. The van der Waals surface area contributed by atoms with E-state index in [0.717, 1.165) is 23.7 Å². The van der Waals surface area contributed by atoms with Crippen LogP contribution in [0.25, 0.3) is 0 Å². The van der Waals surface area contributed by atoms with Gasteiger partial charge in [-0.25, -0.2) is 0 Å². The average molecular weight is 235 g/mol. The molecule has 0 rings (SSSR count). The third-order valence-electron chi connectivity index (χ3n) is 0. The fourth-order valence-corrected chi connectivity index (χ4v) is 0. The van der Waals surface area contributed by atoms with E-state index < -0.39 is 0 Å². The Kier molecular flexibility index (Phi) is 48.7. The number of rotatable bonds is 0. The molecule has 0 amide bonds. The van der Waals surface area contributed by atoms with Crippen LogP contribution in [0.1, 0.15) is 0 Å². The second kappa shape index (κ2) is 21.0. The van der Waals surface area contributed by atoms with Gasteiger partial charge in [-0.2, -0.15) is 0 Å². The van der Waals surface area contributed by atoms with Crippen LogP contribution >= 0.6 is 19.3 Å². The van der Waals surface area contributed by atoms with Crippen LogP contribution in [0.15, 0.2) is 0 Å². The van der Waals surface area contributed by atoms with Gasteiger partial charge in [0, 0.05) is 0 Å². The second-order valence-electron chi connectivity index (χ2n) is 0. The summed E-state index contributed by atoms with van der Waals surface area (Å²) in [4.78, 5) is 0. The first-order chi connectivity index (χ1) is 2.00. The zero-order valence-electron chi connectivity index (χ0n) is 1.84. The van der Waals surface area contributed by atoms with E-state index in [-0.39, 0.29) is 0 Å². The summed E-state index contributed by atoms with van der Waals surface area (Å²) < 4.78 is 0. The van der Waals surface area contributed by atoms with Gasteiger partial charge in [0.25, 0.3) is 0 Å². The molecule has 0 bridgehead atoms. The van der Waals surface area contributed by atoms with Crippen LogP contribution in [-0.4, -0.2) is 0 Å². The Morgan fingerprint density at radius 1 is 1.25 bits per heavy atom. The van der Waals surface area contributed by atoms with Crippen LogP contribution in [0.3, 0.4) is 0 Å². The monoisotopic (exact) mass is 236 g/mol. The molecule has 4 heavy (non-hydrogen) atoms. The third-order valence-corrected chi connectivity index (χ3v) is 0. The topological polar surface area (TPSA) is 0 Å². The molecule has 0 aliphatic carbocycles. The van der Waals surface area contributed by atoms with E-state index in [2.05, 4.69) is 33.2 Å². The van der Waals surface area contributed by atoms with Crippen molar-refractivity contribution >= 4 is 19.3 Å². The minimum absolute atomic E-state index is 0.733. The van der Waals surface area contributed by atoms with Gasteiger partial charge in [0.2, 0.25) is 0 Å². The third kappa shape index (κ3) is 9.13. The molecule has 0 atom stereocenters. The maximum atomic E-state index is 4.25. The van der Waals surface area contributed by atoms with Crippen LogP contribution in [0.2, 0.25) is 0 Å². The second-order valence-corrected chi connectivity index (χ2v) is 0. The molecule has 0 aromatic carbocycles. The van der Waals surface area contributed by atoms with Crippen molar-refractivity contribution in [2.24, 2.45) is 0 Å². The molecule has 0 fully saturated rings. The Balaban J connectivity index is 0. The summed E-state index contributed by atoms with van der Waals surface area (Å²) in [7, 11) is 7.96. The molecule has 4 heteroatoms. The SMILES string of the molecule is [S]=[Cd].[S]=[Ni]. The van der Waals surface area contributed by atoms with Crippen LogP contribution in [0, 0.1) is 0 Å². The van der Waals surface area contributed by atoms with Gasteiger partial charge < -0.3 is 0 Å². The molecule has 24 valence electrons. The van der Waals surface area contributed by atoms with E-state index in [4.69, 9.17) is 0 Å². The summed E-state index contributed by atoms with van der Waals surface area (Å²) in [6, 6.07) is 0. The molecule has 0 aliphatic heterocycles. The van der Waals surface area contributed by atoms with Crippen molar-refractivity contribution in [2.45, 2.75) is 0 Å². The van der Waals surface area contributed by atoms with E-state index in [1.54, 1.807) is 0 Å². The molecule has 0 radical (unpaired) electrons. The van der Waals surface area contributed by atoms with Gasteiger partial charge in [-0.15, -0.1) is 0 Å². The molecule has 0 aromatic heterocycles. The van der Waals surface area contributed by atoms with Crippen molar-refractivity contribution < 1.29 is 37.5 Å². The zero-order chi connectivity index (χ0) is 4.00. The normalized spacial score (nSPS) is 3.00. The Hall–Kier alpha value is 1.86. The van der Waals surface area contributed by atoms with E-state index >= 15 is 0 Å². The standard InChI is InChI=1S/Cd.Ni.2S. The van der Waals surface area contributed by atoms with Crippen molar-refractivity contribution in [3.63, 3.8) is 0 Å². The predicted octanol–water partition coefficient (Wildman–Crippen LogP) is 1.29. The first kappa shape index (κ1) is 9.29. The van der Waals surface area contributed by atoms with Crippen LogP contribution in [0.4, 0.5) is 0 Å². The summed E-state index contributed by atoms with van der Waals surface area (Å²) in [5.41, 5.74) is 0. The first-order valence-electron chi connectivity index (χ1n) is 0.418. The molecule has 0 saturated heterocycles. The molecule has 0 spiro atoms. The number of hydrogen-bond donors (Lipinski definition) is 0. The van der Waals surface area contributed by atoms with Crippen LogP contribution in [0.5, 0.6) is 0 Å². The van der Waals surface area contributed by atoms with Gasteiger partial charge in [0.05, 0.1) is 0 Å². The molecule has 0 aliphatic rings. The Bertz CT molecular complexity index is 8.00. The maximum absolute atomic E-state index is 4.25. The molecular weight excluding hydrogens is 235 g/mol. The van der Waals surface area contributed by atoms with E-state index in [1.807, 2.05) is 0 Å². The zero-order valence-corrected chi connectivity index (χ0v) is 8.50. The van der Waals surface area contributed by atoms with E-state index in [1.165, 1.54) is 0 Å². The molecule has 0 N–H and O–H groups in total. The molecule has 0 nitrogen and oxygen atoms in total. The van der Waals surface area contributed by atoms with Crippen LogP contribution < -0.4 is 0 Å². The Morgan fingerprint density at radius 2 is 1.25 bits per heavy atom. The summed E-state index contributed by atoms with van der Waals surface area (Å²) in [6.45, 7) is 0. The van der Waals surface area contributed by atoms with Crippen LogP contribution in [-0.2, 0) is 37.5 Å². The van der Waals surface area contributed by atoms with Gasteiger partial charge in [-0.1, -0.05) is 0 Å². The van der Waals surface area contributed by atoms with Gasteiger partial charge in [0.15, 0.2) is 0 Å². The average Bonchev–Trinajstić information content (AvgIpc) is 1.50.